The summed E-state index contributed by atoms with van der Waals surface area (Å²) in [4.78, 5) is 13.8. The first-order valence-corrected chi connectivity index (χ1v) is 9.06. The summed E-state index contributed by atoms with van der Waals surface area (Å²) in [6, 6.07) is 7.98. The summed E-state index contributed by atoms with van der Waals surface area (Å²) in [5.74, 6) is 2.89. The highest BCUT2D eigenvalue weighted by Gasteiger charge is 2.32. The third kappa shape index (κ3) is 2.85. The maximum Gasteiger partial charge on any atom is 0.231 e. The van der Waals surface area contributed by atoms with Gasteiger partial charge in [-0.1, -0.05) is 13.0 Å². The molecule has 2 aromatic rings. The van der Waals surface area contributed by atoms with E-state index in [4.69, 9.17) is 18.9 Å². The summed E-state index contributed by atoms with van der Waals surface area (Å²) in [7, 11) is 3.25. The van der Waals surface area contributed by atoms with Crippen molar-refractivity contribution >= 4 is 6.41 Å². The molecular weight excluding hydrogens is 346 g/mol. The van der Waals surface area contributed by atoms with E-state index < -0.39 is 0 Å². The minimum absolute atomic E-state index is 0.0578. The fourth-order valence-electron chi connectivity index (χ4n) is 4.03. The molecule has 0 spiro atoms. The van der Waals surface area contributed by atoms with E-state index in [-0.39, 0.29) is 12.8 Å². The Morgan fingerprint density at radius 1 is 1.19 bits per heavy atom. The zero-order valence-corrected chi connectivity index (χ0v) is 15.8. The molecule has 0 N–H and O–H groups in total. The number of amides is 1. The lowest BCUT2D eigenvalue weighted by atomic mass is 9.86. The number of carbonyl (C=O) groups is 1. The van der Waals surface area contributed by atoms with E-state index >= 15 is 0 Å². The molecule has 142 valence electrons. The van der Waals surface area contributed by atoms with Crippen LogP contribution in [0, 0.1) is 0 Å². The predicted molar refractivity (Wildman–Crippen MR) is 99.5 cm³/mol. The molecule has 0 saturated carbocycles. The Labute approximate surface area is 158 Å². The van der Waals surface area contributed by atoms with Gasteiger partial charge in [-0.2, -0.15) is 0 Å². The molecule has 0 aliphatic carbocycles. The Kier molecular flexibility index (Phi) is 4.56. The van der Waals surface area contributed by atoms with Crippen LogP contribution in [0.15, 0.2) is 24.3 Å². The van der Waals surface area contributed by atoms with Gasteiger partial charge in [0.25, 0.3) is 0 Å². The van der Waals surface area contributed by atoms with Gasteiger partial charge in [-0.3, -0.25) is 4.79 Å². The van der Waals surface area contributed by atoms with Crippen LogP contribution in [0.2, 0.25) is 0 Å². The second-order valence-electron chi connectivity index (χ2n) is 6.69. The molecule has 0 saturated heterocycles. The van der Waals surface area contributed by atoms with E-state index in [1.807, 2.05) is 23.1 Å². The van der Waals surface area contributed by atoms with Gasteiger partial charge in [0, 0.05) is 5.56 Å². The van der Waals surface area contributed by atoms with Gasteiger partial charge in [-0.05, 0) is 47.7 Å². The molecule has 0 bridgehead atoms. The molecule has 0 aromatic heterocycles. The van der Waals surface area contributed by atoms with Crippen molar-refractivity contribution in [3.8, 4) is 23.0 Å². The van der Waals surface area contributed by atoms with E-state index in [2.05, 4.69) is 13.0 Å². The second kappa shape index (κ2) is 7.02. The summed E-state index contributed by atoms with van der Waals surface area (Å²) in [5, 5.41) is 0. The number of rotatable bonds is 5. The highest BCUT2D eigenvalue weighted by Crippen LogP contribution is 2.44. The number of benzene rings is 2. The van der Waals surface area contributed by atoms with Gasteiger partial charge >= 0.3 is 0 Å². The summed E-state index contributed by atoms with van der Waals surface area (Å²) >= 11 is 0. The summed E-state index contributed by atoms with van der Waals surface area (Å²) in [6.45, 7) is 2.82. The molecule has 0 radical (unpaired) electrons. The molecule has 2 aliphatic rings. The number of carbonyl (C=O) groups excluding carboxylic acids is 1. The van der Waals surface area contributed by atoms with Crippen LogP contribution in [0.1, 0.15) is 35.2 Å². The van der Waals surface area contributed by atoms with Gasteiger partial charge in [-0.25, -0.2) is 0 Å². The highest BCUT2D eigenvalue weighted by atomic mass is 16.7. The largest absolute Gasteiger partial charge is 0.493 e. The van der Waals surface area contributed by atoms with Crippen molar-refractivity contribution in [2.24, 2.45) is 0 Å². The number of ether oxygens (including phenoxy) is 4. The number of methoxy groups -OCH3 is 2. The molecule has 6 nitrogen and oxygen atoms in total. The monoisotopic (exact) mass is 369 g/mol. The number of fused-ring (bicyclic) bond motifs is 2. The lowest BCUT2D eigenvalue weighted by molar-refractivity contribution is -0.121. The molecule has 2 heterocycles. The molecule has 6 heteroatoms. The van der Waals surface area contributed by atoms with Crippen LogP contribution in [0.3, 0.4) is 0 Å². The van der Waals surface area contributed by atoms with Crippen molar-refractivity contribution < 1.29 is 23.7 Å². The Balaban J connectivity index is 1.79. The topological polar surface area (TPSA) is 57.2 Å². The lowest BCUT2D eigenvalue weighted by Crippen LogP contribution is -2.34. The molecule has 1 unspecified atom stereocenters. The van der Waals surface area contributed by atoms with E-state index in [1.165, 1.54) is 5.56 Å². The van der Waals surface area contributed by atoms with Crippen LogP contribution in [0.5, 0.6) is 23.0 Å². The first kappa shape index (κ1) is 17.5. The zero-order valence-electron chi connectivity index (χ0n) is 15.8. The van der Waals surface area contributed by atoms with Crippen LogP contribution in [-0.4, -0.2) is 32.3 Å². The summed E-state index contributed by atoms with van der Waals surface area (Å²) in [6.07, 6.45) is 2.48. The Morgan fingerprint density at radius 3 is 2.63 bits per heavy atom. The first-order chi connectivity index (χ1) is 13.2. The standard InChI is InChI=1S/C21H23NO5/c1-4-13-8-19-20(27-12-26-19)9-15(13)17-7-14-5-6-18(24-2)21(25-3)16(14)10-22(17)11-23/h5-6,8-9,11,17H,4,7,10,12H2,1-3H3. The van der Waals surface area contributed by atoms with E-state index in [0.29, 0.717) is 24.5 Å². The smallest absolute Gasteiger partial charge is 0.231 e. The number of hydrogen-bond donors (Lipinski definition) is 0. The number of aryl methyl sites for hydroxylation is 1. The number of nitrogens with zero attached hydrogens (tertiary/aromatic N) is 1. The maximum absolute atomic E-state index is 11.9. The zero-order chi connectivity index (χ0) is 19.0. The SMILES string of the molecule is CCc1cc2c(cc1C1Cc3ccc(OC)c(OC)c3CN1C=O)OCO2. The van der Waals surface area contributed by atoms with Crippen LogP contribution in [-0.2, 0) is 24.2 Å². The maximum atomic E-state index is 11.9. The lowest BCUT2D eigenvalue weighted by Gasteiger charge is -2.36. The second-order valence-corrected chi connectivity index (χ2v) is 6.69. The van der Waals surface area contributed by atoms with Crippen molar-refractivity contribution in [2.45, 2.75) is 32.4 Å². The predicted octanol–water partition coefficient (Wildman–Crippen LogP) is 3.25. The highest BCUT2D eigenvalue weighted by molar-refractivity contribution is 5.59. The van der Waals surface area contributed by atoms with Crippen molar-refractivity contribution in [3.05, 3.63) is 46.5 Å². The fourth-order valence-corrected chi connectivity index (χ4v) is 4.03. The summed E-state index contributed by atoms with van der Waals surface area (Å²) in [5.41, 5.74) is 4.43. The van der Waals surface area contributed by atoms with Crippen LogP contribution < -0.4 is 18.9 Å². The minimum Gasteiger partial charge on any atom is -0.493 e. The molecule has 2 aromatic carbocycles. The van der Waals surface area contributed by atoms with Crippen molar-refractivity contribution in [3.63, 3.8) is 0 Å². The first-order valence-electron chi connectivity index (χ1n) is 9.06. The van der Waals surface area contributed by atoms with Gasteiger partial charge in [-0.15, -0.1) is 0 Å². The van der Waals surface area contributed by atoms with Crippen LogP contribution in [0.25, 0.3) is 0 Å². The van der Waals surface area contributed by atoms with E-state index in [9.17, 15) is 4.79 Å². The third-order valence-electron chi connectivity index (χ3n) is 5.41. The Bertz CT molecular complexity index is 879. The quantitative estimate of drug-likeness (QED) is 0.758. The van der Waals surface area contributed by atoms with Crippen molar-refractivity contribution in [2.75, 3.05) is 21.0 Å². The molecule has 4 rings (SSSR count). The summed E-state index contributed by atoms with van der Waals surface area (Å²) < 4.78 is 22.1. The molecule has 27 heavy (non-hydrogen) atoms. The Hall–Kier alpha value is -2.89. The Morgan fingerprint density at radius 2 is 1.96 bits per heavy atom. The van der Waals surface area contributed by atoms with Gasteiger partial charge in [0.2, 0.25) is 13.2 Å². The van der Waals surface area contributed by atoms with Crippen molar-refractivity contribution in [1.29, 1.82) is 0 Å². The van der Waals surface area contributed by atoms with Crippen molar-refractivity contribution in [1.82, 2.24) is 4.90 Å². The minimum atomic E-state index is -0.0578. The molecule has 1 amide bonds. The van der Waals surface area contributed by atoms with Crippen LogP contribution >= 0.6 is 0 Å². The molecular formula is C21H23NO5. The van der Waals surface area contributed by atoms with Gasteiger partial charge in [0.1, 0.15) is 0 Å². The third-order valence-corrected chi connectivity index (χ3v) is 5.41. The molecule has 2 aliphatic heterocycles. The van der Waals surface area contributed by atoms with Gasteiger partial charge in [0.15, 0.2) is 23.0 Å². The average Bonchev–Trinajstić information content (AvgIpc) is 3.18. The number of hydrogen-bond acceptors (Lipinski definition) is 5. The molecule has 0 fully saturated rings. The average molecular weight is 369 g/mol. The fraction of sp³-hybridized carbons (Fsp3) is 0.381. The van der Waals surface area contributed by atoms with Crippen LogP contribution in [0.4, 0.5) is 0 Å². The van der Waals surface area contributed by atoms with E-state index in [1.54, 1.807) is 14.2 Å². The van der Waals surface area contributed by atoms with Gasteiger partial charge in [0.05, 0.1) is 26.8 Å². The van der Waals surface area contributed by atoms with Gasteiger partial charge < -0.3 is 23.8 Å². The normalized spacial score (nSPS) is 17.4. The molecule has 1 atom stereocenters. The van der Waals surface area contributed by atoms with E-state index in [0.717, 1.165) is 41.0 Å².